The minimum Gasteiger partial charge on any atom is -0.371 e. The highest BCUT2D eigenvalue weighted by molar-refractivity contribution is 5.29. The zero-order chi connectivity index (χ0) is 14.0. The predicted molar refractivity (Wildman–Crippen MR) is 83.0 cm³/mol. The van der Waals surface area contributed by atoms with Gasteiger partial charge < -0.3 is 10.1 Å². The Bertz CT molecular complexity index is 438. The molecule has 1 heterocycles. The lowest BCUT2D eigenvalue weighted by atomic mass is 9.71. The lowest BCUT2D eigenvalue weighted by molar-refractivity contribution is 0.0276. The van der Waals surface area contributed by atoms with Crippen molar-refractivity contribution in [3.8, 4) is 0 Å². The minimum absolute atomic E-state index is 0.240. The molecule has 0 spiro atoms. The number of benzene rings is 1. The fourth-order valence-corrected chi connectivity index (χ4v) is 3.53. The van der Waals surface area contributed by atoms with Crippen LogP contribution in [0, 0.1) is 5.41 Å². The fourth-order valence-electron chi connectivity index (χ4n) is 3.53. The Labute approximate surface area is 122 Å². The van der Waals surface area contributed by atoms with Gasteiger partial charge in [-0.05, 0) is 48.1 Å². The quantitative estimate of drug-likeness (QED) is 0.878. The van der Waals surface area contributed by atoms with Crippen LogP contribution in [0.15, 0.2) is 24.3 Å². The number of rotatable bonds is 2. The van der Waals surface area contributed by atoms with Crippen molar-refractivity contribution < 1.29 is 4.74 Å². The molecule has 3 rings (SSSR count). The summed E-state index contributed by atoms with van der Waals surface area (Å²) >= 11 is 0. The van der Waals surface area contributed by atoms with Crippen molar-refractivity contribution in [1.29, 1.82) is 0 Å². The first-order valence-corrected chi connectivity index (χ1v) is 8.06. The van der Waals surface area contributed by atoms with Crippen molar-refractivity contribution in [2.45, 2.75) is 51.6 Å². The summed E-state index contributed by atoms with van der Waals surface area (Å²) in [6.07, 6.45) is 5.61. The summed E-state index contributed by atoms with van der Waals surface area (Å²) in [7, 11) is 0. The van der Waals surface area contributed by atoms with E-state index in [-0.39, 0.29) is 6.10 Å². The summed E-state index contributed by atoms with van der Waals surface area (Å²) in [5.41, 5.74) is 3.41. The molecule has 1 aromatic rings. The Morgan fingerprint density at radius 2 is 1.90 bits per heavy atom. The van der Waals surface area contributed by atoms with Crippen LogP contribution < -0.4 is 5.32 Å². The largest absolute Gasteiger partial charge is 0.371 e. The van der Waals surface area contributed by atoms with Crippen LogP contribution in [-0.2, 0) is 4.74 Å². The number of nitrogens with one attached hydrogen (secondary N) is 1. The standard InChI is InChI=1S/C18H27NO/c1-18(2)8-6-14(7-9-18)15-4-3-5-16(12-15)17-13-19-10-11-20-17/h3-5,12,14,17,19H,6-11,13H2,1-2H3. The van der Waals surface area contributed by atoms with Gasteiger partial charge >= 0.3 is 0 Å². The number of morpholine rings is 1. The molecular formula is C18H27NO. The smallest absolute Gasteiger partial charge is 0.0949 e. The maximum absolute atomic E-state index is 5.88. The van der Waals surface area contributed by atoms with Gasteiger partial charge in [0.05, 0.1) is 12.7 Å². The molecule has 2 heteroatoms. The lowest BCUT2D eigenvalue weighted by Gasteiger charge is -2.35. The third kappa shape index (κ3) is 3.24. The van der Waals surface area contributed by atoms with Gasteiger partial charge in [0, 0.05) is 13.1 Å². The third-order valence-corrected chi connectivity index (χ3v) is 5.02. The number of hydrogen-bond acceptors (Lipinski definition) is 2. The van der Waals surface area contributed by atoms with E-state index < -0.39 is 0 Å². The molecule has 0 radical (unpaired) electrons. The van der Waals surface area contributed by atoms with E-state index in [0.717, 1.165) is 25.6 Å². The van der Waals surface area contributed by atoms with Crippen LogP contribution in [0.1, 0.15) is 62.7 Å². The fraction of sp³-hybridized carbons (Fsp3) is 0.667. The van der Waals surface area contributed by atoms with Gasteiger partial charge in [-0.25, -0.2) is 0 Å². The van der Waals surface area contributed by atoms with E-state index in [1.807, 2.05) is 0 Å². The molecule has 2 fully saturated rings. The molecule has 1 atom stereocenters. The van der Waals surface area contributed by atoms with Gasteiger partial charge in [-0.15, -0.1) is 0 Å². The van der Waals surface area contributed by atoms with Crippen LogP contribution in [0.5, 0.6) is 0 Å². The molecule has 110 valence electrons. The van der Waals surface area contributed by atoms with Gasteiger partial charge in [-0.1, -0.05) is 38.1 Å². The summed E-state index contributed by atoms with van der Waals surface area (Å²) in [6.45, 7) is 7.56. The van der Waals surface area contributed by atoms with Crippen LogP contribution in [0.3, 0.4) is 0 Å². The molecule has 1 N–H and O–H groups in total. The molecule has 0 bridgehead atoms. The van der Waals surface area contributed by atoms with Crippen LogP contribution in [-0.4, -0.2) is 19.7 Å². The van der Waals surface area contributed by atoms with Crippen LogP contribution in [0.4, 0.5) is 0 Å². The average Bonchev–Trinajstić information content (AvgIpc) is 2.48. The van der Waals surface area contributed by atoms with Crippen molar-refractivity contribution in [3.05, 3.63) is 35.4 Å². The highest BCUT2D eigenvalue weighted by Crippen LogP contribution is 2.42. The Morgan fingerprint density at radius 3 is 2.60 bits per heavy atom. The maximum atomic E-state index is 5.88. The van der Waals surface area contributed by atoms with Gasteiger partial charge in [-0.3, -0.25) is 0 Å². The summed E-state index contributed by atoms with van der Waals surface area (Å²) in [5, 5.41) is 3.42. The molecule has 1 aliphatic heterocycles. The van der Waals surface area contributed by atoms with Crippen LogP contribution in [0.2, 0.25) is 0 Å². The molecule has 20 heavy (non-hydrogen) atoms. The molecule has 1 saturated carbocycles. The Balaban J connectivity index is 1.71. The Morgan fingerprint density at radius 1 is 1.15 bits per heavy atom. The van der Waals surface area contributed by atoms with Gasteiger partial charge in [-0.2, -0.15) is 0 Å². The molecular weight excluding hydrogens is 246 g/mol. The predicted octanol–water partition coefficient (Wildman–Crippen LogP) is 4.03. The molecule has 1 aromatic carbocycles. The summed E-state index contributed by atoms with van der Waals surface area (Å²) in [6, 6.07) is 9.12. The topological polar surface area (TPSA) is 21.3 Å². The van der Waals surface area contributed by atoms with E-state index in [1.54, 1.807) is 0 Å². The highest BCUT2D eigenvalue weighted by Gasteiger charge is 2.28. The first-order chi connectivity index (χ1) is 9.64. The first-order valence-electron chi connectivity index (χ1n) is 8.06. The Kier molecular flexibility index (Phi) is 4.13. The molecule has 1 saturated heterocycles. The van der Waals surface area contributed by atoms with Gasteiger partial charge in [0.2, 0.25) is 0 Å². The molecule has 2 aliphatic rings. The molecule has 0 amide bonds. The summed E-state index contributed by atoms with van der Waals surface area (Å²) in [5.74, 6) is 0.750. The second kappa shape index (κ2) is 5.87. The third-order valence-electron chi connectivity index (χ3n) is 5.02. The highest BCUT2D eigenvalue weighted by atomic mass is 16.5. The van der Waals surface area contributed by atoms with Crippen LogP contribution in [0.25, 0.3) is 0 Å². The molecule has 1 unspecified atom stereocenters. The monoisotopic (exact) mass is 273 g/mol. The van der Waals surface area contributed by atoms with Gasteiger partial charge in [0.15, 0.2) is 0 Å². The van der Waals surface area contributed by atoms with E-state index >= 15 is 0 Å². The molecule has 2 nitrogen and oxygen atoms in total. The van der Waals surface area contributed by atoms with Gasteiger partial charge in [0.1, 0.15) is 0 Å². The second-order valence-electron chi connectivity index (χ2n) is 7.17. The maximum Gasteiger partial charge on any atom is 0.0949 e. The summed E-state index contributed by atoms with van der Waals surface area (Å²) in [4.78, 5) is 0. The van der Waals surface area contributed by atoms with E-state index in [2.05, 4.69) is 43.4 Å². The van der Waals surface area contributed by atoms with E-state index in [0.29, 0.717) is 5.41 Å². The van der Waals surface area contributed by atoms with E-state index in [1.165, 1.54) is 36.8 Å². The average molecular weight is 273 g/mol. The number of hydrogen-bond donors (Lipinski definition) is 1. The van der Waals surface area contributed by atoms with Crippen molar-refractivity contribution >= 4 is 0 Å². The summed E-state index contributed by atoms with van der Waals surface area (Å²) < 4.78 is 5.88. The number of ether oxygens (including phenoxy) is 1. The van der Waals surface area contributed by atoms with E-state index in [9.17, 15) is 0 Å². The van der Waals surface area contributed by atoms with Crippen molar-refractivity contribution in [1.82, 2.24) is 5.32 Å². The first kappa shape index (κ1) is 14.1. The SMILES string of the molecule is CC1(C)CCC(c2cccc(C3CNCCO3)c2)CC1. The normalized spacial score (nSPS) is 27.4. The second-order valence-corrected chi connectivity index (χ2v) is 7.17. The molecule has 1 aliphatic carbocycles. The van der Waals surface area contributed by atoms with Crippen molar-refractivity contribution in [2.75, 3.05) is 19.7 Å². The lowest BCUT2D eigenvalue weighted by Crippen LogP contribution is -2.33. The van der Waals surface area contributed by atoms with E-state index in [4.69, 9.17) is 4.74 Å². The minimum atomic E-state index is 0.240. The Hall–Kier alpha value is -0.860. The zero-order valence-corrected chi connectivity index (χ0v) is 12.8. The zero-order valence-electron chi connectivity index (χ0n) is 12.8. The molecule has 0 aromatic heterocycles. The van der Waals surface area contributed by atoms with Crippen molar-refractivity contribution in [3.63, 3.8) is 0 Å². The van der Waals surface area contributed by atoms with Crippen LogP contribution >= 0.6 is 0 Å². The van der Waals surface area contributed by atoms with Gasteiger partial charge in [0.25, 0.3) is 0 Å². The van der Waals surface area contributed by atoms with Crippen molar-refractivity contribution in [2.24, 2.45) is 5.41 Å².